The lowest BCUT2D eigenvalue weighted by molar-refractivity contribution is 0.310. The SMILES string of the molecule is CN(C)CCc1cn(-c2c(O)ccc3[nH]c4c(c23)CCN(C)C4)c2ccccc12. The molecule has 0 aliphatic carbocycles. The number of aromatic amines is 1. The zero-order valence-corrected chi connectivity index (χ0v) is 17.4. The summed E-state index contributed by atoms with van der Waals surface area (Å²) in [5.74, 6) is 0.332. The van der Waals surface area contributed by atoms with Gasteiger partial charge in [0.1, 0.15) is 5.75 Å². The monoisotopic (exact) mass is 388 g/mol. The van der Waals surface area contributed by atoms with Gasteiger partial charge in [-0.05, 0) is 63.3 Å². The molecule has 0 unspecified atom stereocenters. The van der Waals surface area contributed by atoms with Crippen molar-refractivity contribution in [1.29, 1.82) is 0 Å². The average molecular weight is 389 g/mol. The van der Waals surface area contributed by atoms with Gasteiger partial charge in [-0.2, -0.15) is 0 Å². The number of hydrogen-bond donors (Lipinski definition) is 2. The molecule has 0 bridgehead atoms. The molecule has 2 N–H and O–H groups in total. The summed E-state index contributed by atoms with van der Waals surface area (Å²) in [5, 5.41) is 13.4. The molecule has 5 heteroatoms. The van der Waals surface area contributed by atoms with Crippen molar-refractivity contribution in [3.05, 3.63) is 59.4 Å². The molecule has 0 saturated heterocycles. The van der Waals surface area contributed by atoms with Crippen molar-refractivity contribution in [2.24, 2.45) is 0 Å². The maximum Gasteiger partial charge on any atom is 0.140 e. The Morgan fingerprint density at radius 1 is 1.14 bits per heavy atom. The van der Waals surface area contributed by atoms with Gasteiger partial charge in [-0.25, -0.2) is 0 Å². The number of likely N-dealkylation sites (N-methyl/N-ethyl adjacent to an activating group) is 2. The fraction of sp³-hybridized carbons (Fsp3) is 0.333. The van der Waals surface area contributed by atoms with Crippen LogP contribution >= 0.6 is 0 Å². The second-order valence-corrected chi connectivity index (χ2v) is 8.52. The number of phenols is 1. The Labute approximate surface area is 171 Å². The minimum absolute atomic E-state index is 0.332. The van der Waals surface area contributed by atoms with Gasteiger partial charge in [0.15, 0.2) is 0 Å². The van der Waals surface area contributed by atoms with Gasteiger partial charge in [0, 0.05) is 47.8 Å². The van der Waals surface area contributed by atoms with Gasteiger partial charge >= 0.3 is 0 Å². The van der Waals surface area contributed by atoms with E-state index in [0.717, 1.165) is 54.6 Å². The molecule has 0 saturated carbocycles. The number of fused-ring (bicyclic) bond motifs is 4. The van der Waals surface area contributed by atoms with Gasteiger partial charge in [0.05, 0.1) is 11.2 Å². The first-order valence-corrected chi connectivity index (χ1v) is 10.3. The predicted molar refractivity (Wildman–Crippen MR) is 119 cm³/mol. The third-order valence-corrected chi connectivity index (χ3v) is 6.14. The molecule has 4 aromatic rings. The van der Waals surface area contributed by atoms with Crippen molar-refractivity contribution in [2.75, 3.05) is 34.2 Å². The van der Waals surface area contributed by atoms with Crippen molar-refractivity contribution >= 4 is 21.8 Å². The number of phenolic OH excluding ortho intramolecular Hbond substituents is 1. The summed E-state index contributed by atoms with van der Waals surface area (Å²) in [4.78, 5) is 8.15. The Hall–Kier alpha value is -2.76. The summed E-state index contributed by atoms with van der Waals surface area (Å²) >= 11 is 0. The van der Waals surface area contributed by atoms with Gasteiger partial charge in [-0.1, -0.05) is 18.2 Å². The first kappa shape index (κ1) is 18.3. The van der Waals surface area contributed by atoms with E-state index in [-0.39, 0.29) is 0 Å². The zero-order chi connectivity index (χ0) is 20.1. The van der Waals surface area contributed by atoms with Crippen LogP contribution in [0.15, 0.2) is 42.6 Å². The number of rotatable bonds is 4. The van der Waals surface area contributed by atoms with Crippen molar-refractivity contribution < 1.29 is 5.11 Å². The summed E-state index contributed by atoms with van der Waals surface area (Å²) in [5.41, 5.74) is 7.07. The van der Waals surface area contributed by atoms with E-state index in [9.17, 15) is 5.11 Å². The third-order valence-electron chi connectivity index (χ3n) is 6.14. The number of aromatic nitrogens is 2. The van der Waals surface area contributed by atoms with Crippen LogP contribution in [0.5, 0.6) is 5.75 Å². The average Bonchev–Trinajstić information content (AvgIpc) is 3.24. The molecule has 1 aliphatic heterocycles. The second-order valence-electron chi connectivity index (χ2n) is 8.52. The lowest BCUT2D eigenvalue weighted by atomic mass is 10.0. The van der Waals surface area contributed by atoms with Gasteiger partial charge in [-0.3, -0.25) is 0 Å². The Kier molecular flexibility index (Phi) is 4.37. The number of nitrogens with one attached hydrogen (secondary N) is 1. The van der Waals surface area contributed by atoms with E-state index in [2.05, 4.69) is 71.0 Å². The van der Waals surface area contributed by atoms with E-state index in [4.69, 9.17) is 0 Å². The lowest BCUT2D eigenvalue weighted by Gasteiger charge is -2.22. The maximum absolute atomic E-state index is 11.0. The number of aromatic hydroxyl groups is 1. The smallest absolute Gasteiger partial charge is 0.140 e. The second kappa shape index (κ2) is 6.94. The van der Waals surface area contributed by atoms with Crippen LogP contribution in [0.1, 0.15) is 16.8 Å². The molecule has 0 radical (unpaired) electrons. The molecule has 150 valence electrons. The molecule has 0 spiro atoms. The third kappa shape index (κ3) is 3.02. The van der Waals surface area contributed by atoms with Crippen LogP contribution in [0, 0.1) is 0 Å². The van der Waals surface area contributed by atoms with Crippen molar-refractivity contribution in [3.63, 3.8) is 0 Å². The van der Waals surface area contributed by atoms with E-state index in [1.54, 1.807) is 0 Å². The summed E-state index contributed by atoms with van der Waals surface area (Å²) in [6, 6.07) is 12.3. The molecule has 0 atom stereocenters. The molecule has 29 heavy (non-hydrogen) atoms. The van der Waals surface area contributed by atoms with Crippen molar-refractivity contribution in [3.8, 4) is 11.4 Å². The van der Waals surface area contributed by atoms with Gasteiger partial charge in [0.2, 0.25) is 0 Å². The molecular weight excluding hydrogens is 360 g/mol. The Bertz CT molecular complexity index is 1200. The normalized spacial score (nSPS) is 14.9. The Morgan fingerprint density at radius 3 is 2.79 bits per heavy atom. The molecule has 3 heterocycles. The summed E-state index contributed by atoms with van der Waals surface area (Å²) in [6.07, 6.45) is 4.19. The molecule has 1 aliphatic rings. The number of H-pyrrole nitrogens is 1. The van der Waals surface area contributed by atoms with Crippen LogP contribution in [0.4, 0.5) is 0 Å². The van der Waals surface area contributed by atoms with E-state index in [0.29, 0.717) is 5.75 Å². The molecule has 0 amide bonds. The summed E-state index contributed by atoms with van der Waals surface area (Å²) in [7, 11) is 6.37. The predicted octanol–water partition coefficient (Wildman–Crippen LogP) is 3.91. The summed E-state index contributed by atoms with van der Waals surface area (Å²) < 4.78 is 2.20. The first-order valence-electron chi connectivity index (χ1n) is 10.3. The topological polar surface area (TPSA) is 47.4 Å². The highest BCUT2D eigenvalue weighted by Gasteiger charge is 2.23. The number of hydrogen-bond acceptors (Lipinski definition) is 3. The number of nitrogens with zero attached hydrogens (tertiary/aromatic N) is 3. The fourth-order valence-electron chi connectivity index (χ4n) is 4.66. The first-order chi connectivity index (χ1) is 14.0. The largest absolute Gasteiger partial charge is 0.506 e. The molecule has 0 fully saturated rings. The van der Waals surface area contributed by atoms with Crippen molar-refractivity contribution in [1.82, 2.24) is 19.4 Å². The molecule has 5 rings (SSSR count). The Morgan fingerprint density at radius 2 is 1.97 bits per heavy atom. The quantitative estimate of drug-likeness (QED) is 0.557. The van der Waals surface area contributed by atoms with Crippen molar-refractivity contribution in [2.45, 2.75) is 19.4 Å². The molecular formula is C24H28N4O. The fourth-order valence-corrected chi connectivity index (χ4v) is 4.66. The zero-order valence-electron chi connectivity index (χ0n) is 17.4. The van der Waals surface area contributed by atoms with E-state index in [1.807, 2.05) is 12.1 Å². The maximum atomic E-state index is 11.0. The van der Waals surface area contributed by atoms with Crippen LogP contribution in [0.25, 0.3) is 27.5 Å². The van der Waals surface area contributed by atoms with E-state index < -0.39 is 0 Å². The minimum atomic E-state index is 0.332. The van der Waals surface area contributed by atoms with Crippen LogP contribution in [0.2, 0.25) is 0 Å². The number of benzene rings is 2. The van der Waals surface area contributed by atoms with E-state index in [1.165, 1.54) is 22.2 Å². The molecule has 5 nitrogen and oxygen atoms in total. The minimum Gasteiger partial charge on any atom is -0.506 e. The van der Waals surface area contributed by atoms with Gasteiger partial charge in [0.25, 0.3) is 0 Å². The number of para-hydroxylation sites is 1. The van der Waals surface area contributed by atoms with Crippen LogP contribution < -0.4 is 0 Å². The van der Waals surface area contributed by atoms with E-state index >= 15 is 0 Å². The highest BCUT2D eigenvalue weighted by Crippen LogP contribution is 2.39. The Balaban J connectivity index is 1.76. The summed E-state index contributed by atoms with van der Waals surface area (Å²) in [6.45, 7) is 2.95. The standard InChI is InChI=1S/C24H28N4O/c1-26(2)12-10-16-14-28(21-7-5-4-6-17(16)21)24-22(29)9-8-19-23(24)18-11-13-27(3)15-20(18)25-19/h4-9,14,25,29H,10-13,15H2,1-3H3. The van der Waals surface area contributed by atoms with Gasteiger partial charge in [-0.15, -0.1) is 0 Å². The highest BCUT2D eigenvalue weighted by atomic mass is 16.3. The van der Waals surface area contributed by atoms with Gasteiger partial charge < -0.3 is 24.5 Å². The van der Waals surface area contributed by atoms with Crippen LogP contribution in [-0.2, 0) is 19.4 Å². The molecule has 2 aromatic carbocycles. The molecule has 2 aromatic heterocycles. The van der Waals surface area contributed by atoms with Crippen LogP contribution in [0.3, 0.4) is 0 Å². The van der Waals surface area contributed by atoms with Crippen LogP contribution in [-0.4, -0.2) is 58.7 Å². The lowest BCUT2D eigenvalue weighted by Crippen LogP contribution is -2.26. The highest BCUT2D eigenvalue weighted by molar-refractivity contribution is 5.98.